The average molecular weight is 514 g/mol. The van der Waals surface area contributed by atoms with Crippen LogP contribution >= 0.6 is 0 Å². The molecule has 1 aromatic carbocycles. The monoisotopic (exact) mass is 513 g/mol. The van der Waals surface area contributed by atoms with Gasteiger partial charge in [-0.3, -0.25) is 0 Å². The Balaban J connectivity index is 1.41. The predicted octanol–water partition coefficient (Wildman–Crippen LogP) is 5.11. The number of nitrogens with one attached hydrogen (secondary N) is 3. The van der Waals surface area contributed by atoms with Gasteiger partial charge >= 0.3 is 0 Å². The maximum atomic E-state index is 14.8. The van der Waals surface area contributed by atoms with Crippen LogP contribution in [0.2, 0.25) is 0 Å². The van der Waals surface area contributed by atoms with Crippen LogP contribution in [0.15, 0.2) is 30.5 Å². The van der Waals surface area contributed by atoms with Gasteiger partial charge in [0.15, 0.2) is 0 Å². The Hall–Kier alpha value is -2.80. The average Bonchev–Trinajstić information content (AvgIpc) is 2.91. The summed E-state index contributed by atoms with van der Waals surface area (Å²) in [5, 5.41) is 19.8. The summed E-state index contributed by atoms with van der Waals surface area (Å²) < 4.78 is 40.0. The number of ether oxygens (including phenoxy) is 2. The van der Waals surface area contributed by atoms with E-state index in [1.165, 1.54) is 12.3 Å². The highest BCUT2D eigenvalue weighted by Gasteiger charge is 2.32. The van der Waals surface area contributed by atoms with Crippen molar-refractivity contribution in [2.75, 3.05) is 44.1 Å². The van der Waals surface area contributed by atoms with E-state index in [-0.39, 0.29) is 11.7 Å². The highest BCUT2D eigenvalue weighted by atomic mass is 19.1. The van der Waals surface area contributed by atoms with Crippen LogP contribution in [-0.2, 0) is 9.47 Å². The van der Waals surface area contributed by atoms with E-state index in [0.29, 0.717) is 68.2 Å². The SMILES string of the molecule is COC[C@H](C)N[C@H]1CC[C@H](Nc2cc(-c3ccc(F)c(NCC4(C#N)CCOCC4)c3)c(F)cn2)CC1. The summed E-state index contributed by atoms with van der Waals surface area (Å²) in [4.78, 5) is 4.25. The Labute approximate surface area is 218 Å². The van der Waals surface area contributed by atoms with Crippen molar-refractivity contribution in [1.82, 2.24) is 10.3 Å². The third kappa shape index (κ3) is 7.16. The Kier molecular flexibility index (Phi) is 9.30. The summed E-state index contributed by atoms with van der Waals surface area (Å²) >= 11 is 0. The number of rotatable bonds is 10. The zero-order valence-electron chi connectivity index (χ0n) is 21.7. The molecule has 0 amide bonds. The summed E-state index contributed by atoms with van der Waals surface area (Å²) in [5.41, 5.74) is 0.545. The molecule has 7 nitrogen and oxygen atoms in total. The zero-order chi connectivity index (χ0) is 26.3. The molecule has 0 spiro atoms. The lowest BCUT2D eigenvalue weighted by Gasteiger charge is -2.32. The van der Waals surface area contributed by atoms with Crippen LogP contribution in [0.25, 0.3) is 11.1 Å². The van der Waals surface area contributed by atoms with Crippen LogP contribution in [-0.4, -0.2) is 56.6 Å². The molecular formula is C28H37F2N5O2. The maximum Gasteiger partial charge on any atom is 0.149 e. The molecule has 2 heterocycles. The fourth-order valence-corrected chi connectivity index (χ4v) is 5.24. The van der Waals surface area contributed by atoms with Gasteiger partial charge < -0.3 is 25.4 Å². The molecule has 9 heteroatoms. The second-order valence-corrected chi connectivity index (χ2v) is 10.3. The summed E-state index contributed by atoms with van der Waals surface area (Å²) in [6, 6.07) is 9.59. The molecule has 4 rings (SSSR count). The second-order valence-electron chi connectivity index (χ2n) is 10.3. The van der Waals surface area contributed by atoms with E-state index in [9.17, 15) is 14.0 Å². The number of pyridine rings is 1. The number of nitrogens with zero attached hydrogens (tertiary/aromatic N) is 2. The third-order valence-corrected chi connectivity index (χ3v) is 7.45. The molecule has 1 atom stereocenters. The quantitative estimate of drug-likeness (QED) is 0.407. The van der Waals surface area contributed by atoms with E-state index in [4.69, 9.17) is 9.47 Å². The number of benzene rings is 1. The van der Waals surface area contributed by atoms with Gasteiger partial charge in [-0.15, -0.1) is 0 Å². The summed E-state index contributed by atoms with van der Waals surface area (Å²) in [6.45, 7) is 4.15. The van der Waals surface area contributed by atoms with Gasteiger partial charge in [0, 0.05) is 50.6 Å². The topological polar surface area (TPSA) is 91.2 Å². The van der Waals surface area contributed by atoms with Gasteiger partial charge in [0.2, 0.25) is 0 Å². The van der Waals surface area contributed by atoms with Crippen molar-refractivity contribution in [2.45, 2.75) is 63.6 Å². The number of aromatic nitrogens is 1. The summed E-state index contributed by atoms with van der Waals surface area (Å²) in [6.07, 6.45) is 6.46. The minimum atomic E-state index is -0.601. The molecule has 3 N–H and O–H groups in total. The minimum Gasteiger partial charge on any atom is -0.383 e. The van der Waals surface area contributed by atoms with Gasteiger partial charge in [0.05, 0.1) is 30.0 Å². The second kappa shape index (κ2) is 12.6. The molecule has 1 aliphatic heterocycles. The molecule has 1 saturated heterocycles. The lowest BCUT2D eigenvalue weighted by molar-refractivity contribution is 0.0456. The number of anilines is 2. The number of nitriles is 1. The molecule has 1 saturated carbocycles. The van der Waals surface area contributed by atoms with Crippen molar-refractivity contribution in [3.8, 4) is 17.2 Å². The summed E-state index contributed by atoms with van der Waals surface area (Å²) in [5.74, 6) is -0.312. The predicted molar refractivity (Wildman–Crippen MR) is 140 cm³/mol. The van der Waals surface area contributed by atoms with Crippen LogP contribution in [0.3, 0.4) is 0 Å². The largest absolute Gasteiger partial charge is 0.383 e. The maximum absolute atomic E-state index is 14.8. The van der Waals surface area contributed by atoms with Crippen molar-refractivity contribution in [3.05, 3.63) is 42.1 Å². The lowest BCUT2D eigenvalue weighted by atomic mass is 9.81. The fourth-order valence-electron chi connectivity index (χ4n) is 5.24. The van der Waals surface area contributed by atoms with E-state index in [1.807, 2.05) is 0 Å². The lowest BCUT2D eigenvalue weighted by Crippen LogP contribution is -2.42. The molecule has 2 aliphatic rings. The van der Waals surface area contributed by atoms with Crippen molar-refractivity contribution >= 4 is 11.5 Å². The number of hydrogen-bond donors (Lipinski definition) is 3. The third-order valence-electron chi connectivity index (χ3n) is 7.45. The highest BCUT2D eigenvalue weighted by Crippen LogP contribution is 2.33. The first-order chi connectivity index (χ1) is 17.9. The van der Waals surface area contributed by atoms with Crippen molar-refractivity contribution in [2.24, 2.45) is 5.41 Å². The number of methoxy groups -OCH3 is 1. The van der Waals surface area contributed by atoms with Crippen LogP contribution < -0.4 is 16.0 Å². The van der Waals surface area contributed by atoms with Gasteiger partial charge in [0.1, 0.15) is 17.5 Å². The van der Waals surface area contributed by atoms with Gasteiger partial charge in [-0.2, -0.15) is 5.26 Å². The number of hydrogen-bond acceptors (Lipinski definition) is 7. The Morgan fingerprint density at radius 3 is 2.57 bits per heavy atom. The smallest absolute Gasteiger partial charge is 0.149 e. The minimum absolute atomic E-state index is 0.248. The van der Waals surface area contributed by atoms with E-state index in [2.05, 4.69) is 33.9 Å². The number of halogens is 2. The fraction of sp³-hybridized carbons (Fsp3) is 0.571. The first-order valence-electron chi connectivity index (χ1n) is 13.1. The molecule has 200 valence electrons. The molecule has 1 aliphatic carbocycles. The molecule has 0 bridgehead atoms. The van der Waals surface area contributed by atoms with Crippen molar-refractivity contribution < 1.29 is 18.3 Å². The van der Waals surface area contributed by atoms with Gasteiger partial charge in [-0.1, -0.05) is 6.07 Å². The Morgan fingerprint density at radius 1 is 1.14 bits per heavy atom. The molecule has 2 fully saturated rings. The van der Waals surface area contributed by atoms with Crippen LogP contribution in [0, 0.1) is 28.4 Å². The summed E-state index contributed by atoms with van der Waals surface area (Å²) in [7, 11) is 1.71. The van der Waals surface area contributed by atoms with Crippen molar-refractivity contribution in [3.63, 3.8) is 0 Å². The van der Waals surface area contributed by atoms with Crippen molar-refractivity contribution in [1.29, 1.82) is 5.26 Å². The van der Waals surface area contributed by atoms with E-state index >= 15 is 0 Å². The van der Waals surface area contributed by atoms with E-state index in [0.717, 1.165) is 25.7 Å². The molecule has 1 aromatic heterocycles. The molecule has 37 heavy (non-hydrogen) atoms. The molecular weight excluding hydrogens is 476 g/mol. The van der Waals surface area contributed by atoms with Crippen LogP contribution in [0.1, 0.15) is 45.4 Å². The van der Waals surface area contributed by atoms with E-state index in [1.54, 1.807) is 25.3 Å². The molecule has 0 unspecified atom stereocenters. The standard InChI is InChI=1S/C28H37F2N5O2/c1-19(16-36-2)34-21-4-6-22(7-5-21)35-27-14-23(25(30)15-32-27)20-3-8-24(29)26(13-20)33-18-28(17-31)9-11-37-12-10-28/h3,8,13-15,19,21-22,33-34H,4-7,9-12,16,18H2,1-2H3,(H,32,35)/t19-,21-,22-/m0/s1. The molecule has 2 aromatic rings. The van der Waals surface area contributed by atoms with Crippen LogP contribution in [0.5, 0.6) is 0 Å². The zero-order valence-corrected chi connectivity index (χ0v) is 21.7. The first-order valence-corrected chi connectivity index (χ1v) is 13.1. The normalized spacial score (nSPS) is 22.1. The highest BCUT2D eigenvalue weighted by molar-refractivity contribution is 5.71. The Morgan fingerprint density at radius 2 is 1.86 bits per heavy atom. The van der Waals surface area contributed by atoms with Gasteiger partial charge in [0.25, 0.3) is 0 Å². The van der Waals surface area contributed by atoms with E-state index < -0.39 is 17.0 Å². The first kappa shape index (κ1) is 27.2. The van der Waals surface area contributed by atoms with Gasteiger partial charge in [-0.05, 0) is 69.2 Å². The Bertz CT molecular complexity index is 1080. The van der Waals surface area contributed by atoms with Gasteiger partial charge in [-0.25, -0.2) is 13.8 Å². The van der Waals surface area contributed by atoms with Crippen LogP contribution in [0.4, 0.5) is 20.3 Å². The molecule has 0 radical (unpaired) electrons.